The molecule has 0 aliphatic rings. The summed E-state index contributed by atoms with van der Waals surface area (Å²) in [6.45, 7) is 2.15. The number of nitrogens with zero attached hydrogens (tertiary/aromatic N) is 4. The Kier molecular flexibility index (Phi) is 7.78. The van der Waals surface area contributed by atoms with Crippen LogP contribution in [0.4, 0.5) is 0 Å². The molecule has 0 fully saturated rings. The van der Waals surface area contributed by atoms with Gasteiger partial charge in [-0.15, -0.1) is 0 Å². The monoisotopic (exact) mass is 546 g/mol. The second-order valence-corrected chi connectivity index (χ2v) is 9.43. The molecule has 9 heteroatoms. The van der Waals surface area contributed by atoms with E-state index in [1.165, 1.54) is 5.56 Å². The molecule has 206 valence electrons. The van der Waals surface area contributed by atoms with Crippen LogP contribution in [0.15, 0.2) is 107 Å². The summed E-state index contributed by atoms with van der Waals surface area (Å²) >= 11 is 0. The van der Waals surface area contributed by atoms with Gasteiger partial charge in [-0.1, -0.05) is 80.1 Å². The summed E-state index contributed by atoms with van der Waals surface area (Å²) in [5.41, 5.74) is 3.63. The fourth-order valence-corrected chi connectivity index (χ4v) is 4.56. The molecule has 2 aromatic heterocycles. The van der Waals surface area contributed by atoms with Crippen LogP contribution in [0, 0.1) is 0 Å². The molecule has 0 aliphatic carbocycles. The molecule has 0 radical (unpaired) electrons. The first-order valence-electron chi connectivity index (χ1n) is 13.2. The normalized spacial score (nSPS) is 10.8. The molecule has 0 bridgehead atoms. The summed E-state index contributed by atoms with van der Waals surface area (Å²) in [6.07, 6.45) is 2.15. The zero-order valence-corrected chi connectivity index (χ0v) is 22.8. The number of fused-ring (bicyclic) bond motifs is 2. The van der Waals surface area contributed by atoms with Gasteiger partial charge in [-0.25, -0.2) is 19.3 Å². The van der Waals surface area contributed by atoms with Crippen LogP contribution in [-0.4, -0.2) is 26.4 Å². The van der Waals surface area contributed by atoms with E-state index >= 15 is 0 Å². The quantitative estimate of drug-likeness (QED) is 0.304. The molecule has 6 rings (SSSR count). The van der Waals surface area contributed by atoms with Crippen LogP contribution in [0.2, 0.25) is 0 Å². The largest absolute Gasteiger partial charge is 0.497 e. The number of benzene rings is 4. The summed E-state index contributed by atoms with van der Waals surface area (Å²) < 4.78 is 7.35. The number of ether oxygens (including phenoxy) is 1. The lowest BCUT2D eigenvalue weighted by atomic mass is 10.1. The number of para-hydroxylation sites is 1. The maximum absolute atomic E-state index is 12.3. The molecule has 4 aromatic carbocycles. The highest BCUT2D eigenvalue weighted by molar-refractivity contribution is 5.81. The minimum atomic E-state index is -0.281. The van der Waals surface area contributed by atoms with E-state index in [0.29, 0.717) is 39.2 Å². The van der Waals surface area contributed by atoms with Crippen LogP contribution in [0.25, 0.3) is 44.6 Å². The Morgan fingerprint density at radius 1 is 0.683 bits per heavy atom. The van der Waals surface area contributed by atoms with E-state index in [0.717, 1.165) is 33.3 Å². The van der Waals surface area contributed by atoms with Gasteiger partial charge in [0.05, 0.1) is 28.9 Å². The summed E-state index contributed by atoms with van der Waals surface area (Å²) in [5, 5.41) is 0.999. The summed E-state index contributed by atoms with van der Waals surface area (Å²) in [6, 6.07) is 29.7. The first kappa shape index (κ1) is 27.1. The van der Waals surface area contributed by atoms with Gasteiger partial charge in [0.1, 0.15) is 5.75 Å². The second kappa shape index (κ2) is 11.7. The molecule has 6 aromatic rings. The molecule has 41 heavy (non-hydrogen) atoms. The molecule has 0 atom stereocenters. The van der Waals surface area contributed by atoms with E-state index < -0.39 is 0 Å². The second-order valence-electron chi connectivity index (χ2n) is 9.43. The van der Waals surface area contributed by atoms with Crippen molar-refractivity contribution in [1.29, 1.82) is 0 Å². The molecule has 4 N–H and O–H groups in total. The SMILES string of the molecule is CCCc1ccc(-c2nc3ccccc3c(=O)n2N)cc1.COc1ccc2c(=O)n(N)c(-c3ccccc3)nc2c1. The van der Waals surface area contributed by atoms with E-state index in [1.807, 2.05) is 60.7 Å². The molecule has 0 amide bonds. The van der Waals surface area contributed by atoms with Crippen molar-refractivity contribution >= 4 is 21.8 Å². The molecule has 2 heterocycles. The van der Waals surface area contributed by atoms with Crippen molar-refractivity contribution in [3.63, 3.8) is 0 Å². The zero-order chi connectivity index (χ0) is 28.9. The smallest absolute Gasteiger partial charge is 0.280 e. The predicted molar refractivity (Wildman–Crippen MR) is 164 cm³/mol. The molecule has 0 spiro atoms. The van der Waals surface area contributed by atoms with E-state index in [4.69, 9.17) is 16.4 Å². The number of aryl methyl sites for hydroxylation is 1. The Balaban J connectivity index is 0.000000165. The fourth-order valence-electron chi connectivity index (χ4n) is 4.56. The topological polar surface area (TPSA) is 131 Å². The average molecular weight is 547 g/mol. The van der Waals surface area contributed by atoms with E-state index in [9.17, 15) is 9.59 Å². The van der Waals surface area contributed by atoms with Gasteiger partial charge in [0.25, 0.3) is 11.1 Å². The third kappa shape index (κ3) is 5.51. The standard InChI is InChI=1S/C17H17N3O.C15H13N3O2/c1-2-5-12-8-10-13(11-9-12)16-19-15-7-4-3-6-14(15)17(21)20(16)18;1-20-11-7-8-12-13(9-11)17-14(18(16)15(12)19)10-5-3-2-4-6-10/h3-4,6-11H,2,5,18H2,1H3;2-9H,16H2,1H3. The number of nitrogen functional groups attached to an aromatic ring is 2. The first-order chi connectivity index (χ1) is 19.9. The van der Waals surface area contributed by atoms with Gasteiger partial charge in [-0.2, -0.15) is 0 Å². The number of nitrogens with two attached hydrogens (primary N) is 2. The summed E-state index contributed by atoms with van der Waals surface area (Å²) in [4.78, 5) is 33.6. The van der Waals surface area contributed by atoms with Crippen molar-refractivity contribution in [1.82, 2.24) is 19.3 Å². The van der Waals surface area contributed by atoms with E-state index in [1.54, 1.807) is 31.4 Å². The summed E-state index contributed by atoms with van der Waals surface area (Å²) in [5.74, 6) is 13.3. The Bertz CT molecular complexity index is 1950. The van der Waals surface area contributed by atoms with E-state index in [-0.39, 0.29) is 11.1 Å². The van der Waals surface area contributed by atoms with Crippen LogP contribution in [-0.2, 0) is 6.42 Å². The van der Waals surface area contributed by atoms with Crippen LogP contribution in [0.3, 0.4) is 0 Å². The Morgan fingerprint density at radius 2 is 1.24 bits per heavy atom. The molecule has 0 saturated heterocycles. The lowest BCUT2D eigenvalue weighted by Crippen LogP contribution is -2.29. The van der Waals surface area contributed by atoms with Gasteiger partial charge in [0.15, 0.2) is 11.6 Å². The number of hydrogen-bond donors (Lipinski definition) is 2. The van der Waals surface area contributed by atoms with Crippen LogP contribution in [0.5, 0.6) is 5.75 Å². The highest BCUT2D eigenvalue weighted by Gasteiger charge is 2.12. The van der Waals surface area contributed by atoms with Gasteiger partial charge in [0, 0.05) is 17.2 Å². The zero-order valence-electron chi connectivity index (χ0n) is 22.8. The lowest BCUT2D eigenvalue weighted by molar-refractivity contribution is 0.415. The van der Waals surface area contributed by atoms with Gasteiger partial charge in [0.2, 0.25) is 0 Å². The van der Waals surface area contributed by atoms with Gasteiger partial charge in [-0.3, -0.25) is 9.59 Å². The van der Waals surface area contributed by atoms with Gasteiger partial charge < -0.3 is 16.4 Å². The van der Waals surface area contributed by atoms with Crippen molar-refractivity contribution in [2.24, 2.45) is 0 Å². The Morgan fingerprint density at radius 3 is 1.88 bits per heavy atom. The Hall–Kier alpha value is -5.44. The molecule has 0 unspecified atom stereocenters. The Labute approximate surface area is 236 Å². The van der Waals surface area contributed by atoms with Gasteiger partial charge >= 0.3 is 0 Å². The maximum Gasteiger partial charge on any atom is 0.280 e. The van der Waals surface area contributed by atoms with Crippen molar-refractivity contribution in [2.75, 3.05) is 18.8 Å². The van der Waals surface area contributed by atoms with Crippen LogP contribution < -0.4 is 27.5 Å². The number of hydrogen-bond acceptors (Lipinski definition) is 7. The van der Waals surface area contributed by atoms with Crippen LogP contribution >= 0.6 is 0 Å². The van der Waals surface area contributed by atoms with Crippen LogP contribution in [0.1, 0.15) is 18.9 Å². The first-order valence-corrected chi connectivity index (χ1v) is 13.2. The fraction of sp³-hybridized carbons (Fsp3) is 0.125. The van der Waals surface area contributed by atoms with Gasteiger partial charge in [-0.05, 0) is 36.2 Å². The average Bonchev–Trinajstić information content (AvgIpc) is 3.02. The number of aromatic nitrogens is 4. The molecule has 0 aliphatic heterocycles. The van der Waals surface area contributed by atoms with Crippen molar-refractivity contribution < 1.29 is 4.74 Å². The van der Waals surface area contributed by atoms with Crippen molar-refractivity contribution in [2.45, 2.75) is 19.8 Å². The third-order valence-electron chi connectivity index (χ3n) is 6.70. The molecular weight excluding hydrogens is 516 g/mol. The third-order valence-corrected chi connectivity index (χ3v) is 6.70. The predicted octanol–water partition coefficient (Wildman–Crippen LogP) is 4.52. The highest BCUT2D eigenvalue weighted by Crippen LogP contribution is 2.21. The van der Waals surface area contributed by atoms with Crippen molar-refractivity contribution in [3.8, 4) is 28.5 Å². The number of rotatable bonds is 5. The lowest BCUT2D eigenvalue weighted by Gasteiger charge is -2.09. The number of methoxy groups -OCH3 is 1. The molecule has 9 nitrogen and oxygen atoms in total. The van der Waals surface area contributed by atoms with E-state index in [2.05, 4.69) is 29.0 Å². The summed E-state index contributed by atoms with van der Waals surface area (Å²) in [7, 11) is 1.57. The minimum absolute atomic E-state index is 0.228. The molecule has 0 saturated carbocycles. The minimum Gasteiger partial charge on any atom is -0.497 e. The van der Waals surface area contributed by atoms with Crippen molar-refractivity contribution in [3.05, 3.63) is 123 Å². The highest BCUT2D eigenvalue weighted by atomic mass is 16.5. The molecular formula is C32H30N6O3. The maximum atomic E-state index is 12.3.